The first kappa shape index (κ1) is 26.1. The summed E-state index contributed by atoms with van der Waals surface area (Å²) in [5.74, 6) is -1.73. The maximum atomic E-state index is 14.7. The van der Waals surface area contributed by atoms with Crippen LogP contribution in [0.4, 0.5) is 14.5 Å². The van der Waals surface area contributed by atoms with Gasteiger partial charge < -0.3 is 5.32 Å². The molecule has 2 aromatic rings. The molecule has 1 saturated carbocycles. The second-order valence-electron chi connectivity index (χ2n) is 10.6. The summed E-state index contributed by atoms with van der Waals surface area (Å²) >= 11 is 0. The van der Waals surface area contributed by atoms with E-state index in [9.17, 15) is 22.0 Å². The summed E-state index contributed by atoms with van der Waals surface area (Å²) in [4.78, 5) is 13.0. The van der Waals surface area contributed by atoms with Crippen molar-refractivity contribution in [3.63, 3.8) is 0 Å². The lowest BCUT2D eigenvalue weighted by atomic mass is 9.83. The van der Waals surface area contributed by atoms with E-state index >= 15 is 0 Å². The number of aryl methyl sites for hydroxylation is 1. The van der Waals surface area contributed by atoms with Gasteiger partial charge in [-0.1, -0.05) is 46.8 Å². The van der Waals surface area contributed by atoms with Gasteiger partial charge in [-0.15, -0.1) is 0 Å². The van der Waals surface area contributed by atoms with E-state index in [1.54, 1.807) is 32.9 Å². The number of carbonyl (C=O) groups excluding carboxylic acids is 1. The molecule has 8 heteroatoms. The minimum Gasteiger partial charge on any atom is -0.349 e. The Labute approximate surface area is 201 Å². The van der Waals surface area contributed by atoms with E-state index in [0.717, 1.165) is 17.4 Å². The molecule has 1 aliphatic carbocycles. The molecule has 2 unspecified atom stereocenters. The molecule has 1 amide bonds. The van der Waals surface area contributed by atoms with Crippen molar-refractivity contribution in [1.82, 2.24) is 5.32 Å². The molecule has 1 aliphatic rings. The Bertz CT molecular complexity index is 1200. The molecule has 186 valence electrons. The zero-order chi connectivity index (χ0) is 25.6. The Morgan fingerprint density at radius 2 is 1.76 bits per heavy atom. The van der Waals surface area contributed by atoms with Crippen LogP contribution < -0.4 is 10.0 Å². The fourth-order valence-electron chi connectivity index (χ4n) is 4.56. The van der Waals surface area contributed by atoms with Gasteiger partial charge in [-0.2, -0.15) is 0 Å². The minimum atomic E-state index is -3.39. The summed E-state index contributed by atoms with van der Waals surface area (Å²) in [6.45, 7) is 10.9. The molecule has 1 fully saturated rings. The predicted octanol–water partition coefficient (Wildman–Crippen LogP) is 5.35. The van der Waals surface area contributed by atoms with Gasteiger partial charge in [-0.3, -0.25) is 9.52 Å². The van der Waals surface area contributed by atoms with Crippen molar-refractivity contribution < 1.29 is 22.0 Å². The Hall–Kier alpha value is -2.48. The second kappa shape index (κ2) is 8.95. The van der Waals surface area contributed by atoms with Crippen molar-refractivity contribution in [2.75, 3.05) is 11.0 Å². The largest absolute Gasteiger partial charge is 0.349 e. The average Bonchev–Trinajstić information content (AvgIpc) is 3.38. The van der Waals surface area contributed by atoms with Crippen LogP contribution in [0.15, 0.2) is 30.3 Å². The number of sulfonamides is 1. The van der Waals surface area contributed by atoms with Gasteiger partial charge in [0.05, 0.1) is 18.0 Å². The normalized spacial score (nSPS) is 21.1. The number of hydrogen-bond donors (Lipinski definition) is 2. The molecule has 5 nitrogen and oxygen atoms in total. The van der Waals surface area contributed by atoms with Crippen molar-refractivity contribution in [2.24, 2.45) is 5.92 Å². The first-order chi connectivity index (χ1) is 15.6. The van der Waals surface area contributed by atoms with Gasteiger partial charge in [0.1, 0.15) is 11.6 Å². The number of carbonyl (C=O) groups is 1. The summed E-state index contributed by atoms with van der Waals surface area (Å²) < 4.78 is 55.2. The minimum absolute atomic E-state index is 0.0515. The summed E-state index contributed by atoms with van der Waals surface area (Å²) in [6, 6.07) is 7.76. The van der Waals surface area contributed by atoms with Gasteiger partial charge in [0.15, 0.2) is 0 Å². The number of nitrogens with one attached hydrogen (secondary N) is 2. The third-order valence-corrected chi connectivity index (χ3v) is 7.26. The van der Waals surface area contributed by atoms with Crippen LogP contribution in [0.25, 0.3) is 0 Å². The summed E-state index contributed by atoms with van der Waals surface area (Å²) in [7, 11) is -3.39. The molecule has 34 heavy (non-hydrogen) atoms. The van der Waals surface area contributed by atoms with Crippen LogP contribution in [0.1, 0.15) is 76.3 Å². The number of rotatable bonds is 7. The molecule has 3 rings (SSSR count). The molecule has 0 aromatic heterocycles. The van der Waals surface area contributed by atoms with E-state index in [0.29, 0.717) is 24.1 Å². The standard InChI is InChI=1S/C26H34F2N2O3S/c1-8-16-11-17(9-10-22(16)30-34(7,32)33)15(2)29-24(31)19-14-26(19,6)18-12-20(27)23(21(28)13-18)25(3,4)5/h9-13,15,19,30H,8,14H2,1-7H3,(H,29,31)/t15-,19?,26?/m1/s1. The summed E-state index contributed by atoms with van der Waals surface area (Å²) in [6.07, 6.45) is 2.23. The third kappa shape index (κ3) is 5.43. The van der Waals surface area contributed by atoms with E-state index in [-0.39, 0.29) is 23.4 Å². The van der Waals surface area contributed by atoms with Crippen LogP contribution in [0, 0.1) is 17.6 Å². The highest BCUT2D eigenvalue weighted by Crippen LogP contribution is 2.54. The predicted molar refractivity (Wildman–Crippen MR) is 131 cm³/mol. The third-order valence-electron chi connectivity index (χ3n) is 6.67. The van der Waals surface area contributed by atoms with E-state index in [2.05, 4.69) is 10.0 Å². The first-order valence-corrected chi connectivity index (χ1v) is 13.4. The maximum Gasteiger partial charge on any atom is 0.229 e. The lowest BCUT2D eigenvalue weighted by molar-refractivity contribution is -0.123. The fraction of sp³-hybridized carbons (Fsp3) is 0.500. The highest BCUT2D eigenvalue weighted by atomic mass is 32.2. The molecular formula is C26H34F2N2O3S. The van der Waals surface area contributed by atoms with Crippen LogP contribution in [-0.2, 0) is 32.1 Å². The maximum absolute atomic E-state index is 14.7. The van der Waals surface area contributed by atoms with Crippen LogP contribution in [0.2, 0.25) is 0 Å². The van der Waals surface area contributed by atoms with E-state index in [4.69, 9.17) is 0 Å². The van der Waals surface area contributed by atoms with Gasteiger partial charge in [-0.05, 0) is 60.1 Å². The molecule has 2 aromatic carbocycles. The van der Waals surface area contributed by atoms with Crippen molar-refractivity contribution in [2.45, 2.75) is 71.3 Å². The molecule has 3 atom stereocenters. The van der Waals surface area contributed by atoms with Crippen LogP contribution in [0.5, 0.6) is 0 Å². The molecule has 0 spiro atoms. The highest BCUT2D eigenvalue weighted by molar-refractivity contribution is 7.92. The van der Waals surface area contributed by atoms with Gasteiger partial charge >= 0.3 is 0 Å². The number of halogens is 2. The highest BCUT2D eigenvalue weighted by Gasteiger charge is 2.56. The van der Waals surface area contributed by atoms with Crippen molar-refractivity contribution in [3.8, 4) is 0 Å². The smallest absolute Gasteiger partial charge is 0.229 e. The van der Waals surface area contributed by atoms with Crippen molar-refractivity contribution >= 4 is 21.6 Å². The first-order valence-electron chi connectivity index (χ1n) is 11.5. The molecule has 0 radical (unpaired) electrons. The summed E-state index contributed by atoms with van der Waals surface area (Å²) in [5, 5.41) is 3.00. The number of anilines is 1. The molecule has 0 saturated heterocycles. The molecule has 0 heterocycles. The molecule has 0 aliphatic heterocycles. The van der Waals surface area contributed by atoms with E-state index < -0.39 is 32.5 Å². The Balaban J connectivity index is 1.75. The van der Waals surface area contributed by atoms with Crippen LogP contribution in [0.3, 0.4) is 0 Å². The molecular weight excluding hydrogens is 458 g/mol. The number of hydrogen-bond acceptors (Lipinski definition) is 3. The van der Waals surface area contributed by atoms with Gasteiger partial charge in [0.2, 0.25) is 15.9 Å². The van der Waals surface area contributed by atoms with Gasteiger partial charge in [0, 0.05) is 16.9 Å². The van der Waals surface area contributed by atoms with Crippen molar-refractivity contribution in [1.29, 1.82) is 0 Å². The molecule has 0 bridgehead atoms. The zero-order valence-corrected chi connectivity index (χ0v) is 21.7. The second-order valence-corrected chi connectivity index (χ2v) is 12.4. The van der Waals surface area contributed by atoms with Crippen LogP contribution >= 0.6 is 0 Å². The molecule has 2 N–H and O–H groups in total. The van der Waals surface area contributed by atoms with Gasteiger partial charge in [-0.25, -0.2) is 17.2 Å². The summed E-state index contributed by atoms with van der Waals surface area (Å²) in [5.41, 5.74) is 1.45. The van der Waals surface area contributed by atoms with Crippen LogP contribution in [-0.4, -0.2) is 20.6 Å². The lowest BCUT2D eigenvalue weighted by Gasteiger charge is -2.23. The Morgan fingerprint density at radius 3 is 2.26 bits per heavy atom. The van der Waals surface area contributed by atoms with Gasteiger partial charge in [0.25, 0.3) is 0 Å². The lowest BCUT2D eigenvalue weighted by Crippen LogP contribution is -2.30. The number of benzene rings is 2. The monoisotopic (exact) mass is 492 g/mol. The quantitative estimate of drug-likeness (QED) is 0.547. The Kier molecular flexibility index (Phi) is 6.88. The van der Waals surface area contributed by atoms with E-state index in [1.165, 1.54) is 12.1 Å². The Morgan fingerprint density at radius 1 is 1.18 bits per heavy atom. The number of amides is 1. The van der Waals surface area contributed by atoms with E-state index in [1.807, 2.05) is 26.8 Å². The fourth-order valence-corrected chi connectivity index (χ4v) is 5.16. The topological polar surface area (TPSA) is 75.3 Å². The zero-order valence-electron chi connectivity index (χ0n) is 20.8. The SMILES string of the molecule is CCc1cc([C@@H](C)NC(=O)C2CC2(C)c2cc(F)c(C(C)(C)C)c(F)c2)ccc1NS(C)(=O)=O. The van der Waals surface area contributed by atoms with Crippen molar-refractivity contribution in [3.05, 3.63) is 64.2 Å². The average molecular weight is 493 g/mol.